The first-order valence-corrected chi connectivity index (χ1v) is 6.06. The van der Waals surface area contributed by atoms with Gasteiger partial charge in [-0.25, -0.2) is 4.79 Å². The molecular formula is C11H15N5O4. The van der Waals surface area contributed by atoms with E-state index in [1.165, 1.54) is 10.8 Å². The second-order valence-electron chi connectivity index (χ2n) is 4.98. The fourth-order valence-corrected chi connectivity index (χ4v) is 2.22. The Morgan fingerprint density at radius 3 is 3.00 bits per heavy atom. The normalized spacial score (nSPS) is 29.1. The summed E-state index contributed by atoms with van der Waals surface area (Å²) in [7, 11) is 0. The number of aromatic amines is 1. The largest absolute Gasteiger partial charge is 0.393 e. The molecule has 1 fully saturated rings. The SMILES string of the molecule is Cc1cn([C@H]2C[C@H](N=[N+]=[N-])[C@@](C)(CO)O2)c(=O)[nH]c1=O. The molecule has 0 unspecified atom stereocenters. The number of hydrogen-bond donors (Lipinski definition) is 2. The van der Waals surface area contributed by atoms with E-state index in [4.69, 9.17) is 10.3 Å². The lowest BCUT2D eigenvalue weighted by atomic mass is 9.98. The molecule has 1 aromatic rings. The van der Waals surface area contributed by atoms with E-state index in [9.17, 15) is 14.7 Å². The van der Waals surface area contributed by atoms with Crippen LogP contribution >= 0.6 is 0 Å². The Hall–Kier alpha value is -2.09. The number of H-pyrrole nitrogens is 1. The summed E-state index contributed by atoms with van der Waals surface area (Å²) in [5, 5.41) is 13.0. The number of rotatable bonds is 3. The highest BCUT2D eigenvalue weighted by atomic mass is 16.5. The number of nitrogens with one attached hydrogen (secondary N) is 1. The molecule has 3 atom stereocenters. The van der Waals surface area contributed by atoms with Crippen molar-refractivity contribution < 1.29 is 9.84 Å². The zero-order chi connectivity index (χ0) is 14.9. The molecule has 108 valence electrons. The van der Waals surface area contributed by atoms with Crippen molar-refractivity contribution in [3.05, 3.63) is 43.0 Å². The first-order chi connectivity index (χ1) is 9.41. The topological polar surface area (TPSA) is 133 Å². The minimum Gasteiger partial charge on any atom is -0.393 e. The van der Waals surface area contributed by atoms with Gasteiger partial charge in [0, 0.05) is 23.1 Å². The molecular weight excluding hydrogens is 266 g/mol. The Morgan fingerprint density at radius 2 is 2.40 bits per heavy atom. The lowest BCUT2D eigenvalue weighted by molar-refractivity contribution is -0.0921. The van der Waals surface area contributed by atoms with Gasteiger partial charge in [-0.15, -0.1) is 0 Å². The summed E-state index contributed by atoms with van der Waals surface area (Å²) >= 11 is 0. The summed E-state index contributed by atoms with van der Waals surface area (Å²) in [5.74, 6) is 0. The zero-order valence-corrected chi connectivity index (χ0v) is 11.1. The van der Waals surface area contributed by atoms with E-state index in [1.807, 2.05) is 0 Å². The van der Waals surface area contributed by atoms with Crippen molar-refractivity contribution in [1.29, 1.82) is 0 Å². The van der Waals surface area contributed by atoms with Crippen molar-refractivity contribution in [2.24, 2.45) is 5.11 Å². The molecule has 0 aromatic carbocycles. The molecule has 0 bridgehead atoms. The second-order valence-corrected chi connectivity index (χ2v) is 4.98. The van der Waals surface area contributed by atoms with Crippen LogP contribution in [0.3, 0.4) is 0 Å². The minimum atomic E-state index is -1.06. The number of nitrogens with zero attached hydrogens (tertiary/aromatic N) is 4. The lowest BCUT2D eigenvalue weighted by Crippen LogP contribution is -2.39. The molecule has 0 radical (unpaired) electrons. The number of ether oxygens (including phenoxy) is 1. The zero-order valence-electron chi connectivity index (χ0n) is 11.1. The third-order valence-electron chi connectivity index (χ3n) is 3.50. The minimum absolute atomic E-state index is 0.243. The number of aliphatic hydroxyl groups excluding tert-OH is 1. The number of azide groups is 1. The van der Waals surface area contributed by atoms with Gasteiger partial charge in [0.15, 0.2) is 0 Å². The van der Waals surface area contributed by atoms with Gasteiger partial charge < -0.3 is 9.84 Å². The van der Waals surface area contributed by atoms with Crippen LogP contribution in [0.4, 0.5) is 0 Å². The van der Waals surface area contributed by atoms with Gasteiger partial charge in [0.1, 0.15) is 6.23 Å². The van der Waals surface area contributed by atoms with Gasteiger partial charge in [-0.2, -0.15) is 0 Å². The Labute approximate surface area is 113 Å². The molecule has 9 heteroatoms. The molecule has 1 saturated heterocycles. The molecule has 1 aliphatic heterocycles. The summed E-state index contributed by atoms with van der Waals surface area (Å²) in [6.07, 6.45) is 0.930. The molecule has 0 saturated carbocycles. The first-order valence-electron chi connectivity index (χ1n) is 6.06. The lowest BCUT2D eigenvalue weighted by Gasteiger charge is -2.25. The van der Waals surface area contributed by atoms with Crippen LogP contribution in [0, 0.1) is 6.92 Å². The van der Waals surface area contributed by atoms with Crippen molar-refractivity contribution >= 4 is 0 Å². The van der Waals surface area contributed by atoms with E-state index in [0.717, 1.165) is 0 Å². The van der Waals surface area contributed by atoms with Crippen LogP contribution in [-0.4, -0.2) is 32.9 Å². The van der Waals surface area contributed by atoms with Crippen molar-refractivity contribution in [1.82, 2.24) is 9.55 Å². The fourth-order valence-electron chi connectivity index (χ4n) is 2.22. The van der Waals surface area contributed by atoms with Crippen LogP contribution in [0.2, 0.25) is 0 Å². The van der Waals surface area contributed by atoms with Crippen LogP contribution in [0.15, 0.2) is 20.9 Å². The molecule has 0 amide bonds. The highest BCUT2D eigenvalue weighted by molar-refractivity contribution is 5.04. The Bertz CT molecular complexity index is 674. The molecule has 0 aliphatic carbocycles. The van der Waals surface area contributed by atoms with Crippen LogP contribution < -0.4 is 11.2 Å². The van der Waals surface area contributed by atoms with E-state index >= 15 is 0 Å². The third kappa shape index (κ3) is 2.34. The summed E-state index contributed by atoms with van der Waals surface area (Å²) in [6.45, 7) is 2.83. The predicted molar refractivity (Wildman–Crippen MR) is 69.2 cm³/mol. The number of aromatic nitrogens is 2. The molecule has 1 aliphatic rings. The number of hydrogen-bond acceptors (Lipinski definition) is 5. The third-order valence-corrected chi connectivity index (χ3v) is 3.50. The second kappa shape index (κ2) is 5.12. The summed E-state index contributed by atoms with van der Waals surface area (Å²) in [5.41, 5.74) is 6.80. The van der Waals surface area contributed by atoms with Crippen LogP contribution in [0.1, 0.15) is 25.1 Å². The summed E-state index contributed by atoms with van der Waals surface area (Å²) in [4.78, 5) is 28.1. The molecule has 2 heterocycles. The maximum atomic E-state index is 11.8. The fraction of sp³-hybridized carbons (Fsp3) is 0.636. The monoisotopic (exact) mass is 281 g/mol. The van der Waals surface area contributed by atoms with Gasteiger partial charge in [0.05, 0.1) is 18.2 Å². The smallest absolute Gasteiger partial charge is 0.330 e. The number of aliphatic hydroxyl groups is 1. The molecule has 20 heavy (non-hydrogen) atoms. The first kappa shape index (κ1) is 14.3. The molecule has 2 N–H and O–H groups in total. The molecule has 0 spiro atoms. The van der Waals surface area contributed by atoms with Crippen molar-refractivity contribution in [3.63, 3.8) is 0 Å². The Morgan fingerprint density at radius 1 is 1.70 bits per heavy atom. The average molecular weight is 281 g/mol. The molecule has 1 aromatic heterocycles. The van der Waals surface area contributed by atoms with Gasteiger partial charge in [-0.05, 0) is 19.4 Å². The van der Waals surface area contributed by atoms with Crippen molar-refractivity contribution in [2.75, 3.05) is 6.61 Å². The van der Waals surface area contributed by atoms with E-state index in [1.54, 1.807) is 13.8 Å². The maximum absolute atomic E-state index is 11.8. The summed E-state index contributed by atoms with van der Waals surface area (Å²) in [6, 6.07) is -0.596. The Kier molecular flexibility index (Phi) is 3.67. The van der Waals surface area contributed by atoms with E-state index in [2.05, 4.69) is 15.0 Å². The van der Waals surface area contributed by atoms with Gasteiger partial charge in [-0.1, -0.05) is 5.11 Å². The predicted octanol–water partition coefficient (Wildman–Crippen LogP) is 0.194. The number of aryl methyl sites for hydroxylation is 1. The van der Waals surface area contributed by atoms with Gasteiger partial charge in [0.25, 0.3) is 5.56 Å². The Balaban J connectivity index is 2.42. The van der Waals surface area contributed by atoms with Gasteiger partial charge >= 0.3 is 5.69 Å². The molecule has 2 rings (SSSR count). The highest BCUT2D eigenvalue weighted by Gasteiger charge is 2.45. The highest BCUT2D eigenvalue weighted by Crippen LogP contribution is 2.37. The average Bonchev–Trinajstić information content (AvgIpc) is 2.73. The van der Waals surface area contributed by atoms with Gasteiger partial charge in [0.2, 0.25) is 0 Å². The molecule has 9 nitrogen and oxygen atoms in total. The van der Waals surface area contributed by atoms with E-state index in [-0.39, 0.29) is 13.0 Å². The van der Waals surface area contributed by atoms with Crippen molar-refractivity contribution in [3.8, 4) is 0 Å². The van der Waals surface area contributed by atoms with Crippen LogP contribution in [0.5, 0.6) is 0 Å². The quantitative estimate of drug-likeness (QED) is 0.464. The van der Waals surface area contributed by atoms with Gasteiger partial charge in [-0.3, -0.25) is 14.3 Å². The van der Waals surface area contributed by atoms with E-state index < -0.39 is 29.1 Å². The van der Waals surface area contributed by atoms with Crippen LogP contribution in [0.25, 0.3) is 10.4 Å². The van der Waals surface area contributed by atoms with Crippen molar-refractivity contribution in [2.45, 2.75) is 38.1 Å². The maximum Gasteiger partial charge on any atom is 0.330 e. The van der Waals surface area contributed by atoms with E-state index in [0.29, 0.717) is 5.56 Å². The van der Waals surface area contributed by atoms with Crippen LogP contribution in [-0.2, 0) is 4.74 Å². The standard InChI is InChI=1S/C11H15N5O4/c1-6-4-16(10(19)13-9(6)18)8-3-7(14-15-12)11(2,5-17)20-8/h4,7-8,17H,3,5H2,1-2H3,(H,13,18,19)/t7-,8+,11+/m0/s1. The summed E-state index contributed by atoms with van der Waals surface area (Å²) < 4.78 is 6.88.